The molecule has 1 amide bonds. The van der Waals surface area contributed by atoms with Crippen molar-refractivity contribution >= 4 is 5.91 Å². The summed E-state index contributed by atoms with van der Waals surface area (Å²) in [6.45, 7) is 0.330. The predicted octanol–water partition coefficient (Wildman–Crippen LogP) is 2.60. The van der Waals surface area contributed by atoms with Crippen molar-refractivity contribution in [3.63, 3.8) is 0 Å². The summed E-state index contributed by atoms with van der Waals surface area (Å²) in [7, 11) is 1.62. The first-order valence-electron chi connectivity index (χ1n) is 9.19. The van der Waals surface area contributed by atoms with E-state index < -0.39 is 0 Å². The second kappa shape index (κ2) is 10.4. The largest absolute Gasteiger partial charge is 0.497 e. The third-order valence-corrected chi connectivity index (χ3v) is 4.07. The fourth-order valence-electron chi connectivity index (χ4n) is 2.54. The molecule has 8 nitrogen and oxygen atoms in total. The van der Waals surface area contributed by atoms with E-state index in [1.165, 1.54) is 0 Å². The van der Waals surface area contributed by atoms with Crippen molar-refractivity contribution in [3.8, 4) is 34.7 Å². The van der Waals surface area contributed by atoms with Gasteiger partial charge >= 0.3 is 0 Å². The SMILES string of the molecule is COc1ccc(-c2ccc(OCCNC(=O)COc3ccccc3C#N)nn2)cc1. The highest BCUT2D eigenvalue weighted by molar-refractivity contribution is 5.77. The molecule has 0 unspecified atom stereocenters. The Labute approximate surface area is 174 Å². The van der Waals surface area contributed by atoms with Crippen molar-refractivity contribution in [3.05, 3.63) is 66.2 Å². The Morgan fingerprint density at radius 3 is 2.53 bits per heavy atom. The number of rotatable bonds is 9. The third-order valence-electron chi connectivity index (χ3n) is 4.07. The van der Waals surface area contributed by atoms with Crippen LogP contribution in [0.1, 0.15) is 5.56 Å². The summed E-state index contributed by atoms with van der Waals surface area (Å²) in [5.41, 5.74) is 2.01. The summed E-state index contributed by atoms with van der Waals surface area (Å²) in [5.74, 6) is 1.19. The van der Waals surface area contributed by atoms with Gasteiger partial charge in [0.15, 0.2) is 6.61 Å². The molecule has 1 aromatic heterocycles. The van der Waals surface area contributed by atoms with Gasteiger partial charge in [-0.2, -0.15) is 5.26 Å². The van der Waals surface area contributed by atoms with Gasteiger partial charge in [0.25, 0.3) is 5.91 Å². The second-order valence-corrected chi connectivity index (χ2v) is 6.08. The first-order chi connectivity index (χ1) is 14.7. The molecule has 1 N–H and O–H groups in total. The summed E-state index contributed by atoms with van der Waals surface area (Å²) < 4.78 is 16.0. The van der Waals surface area contributed by atoms with E-state index in [4.69, 9.17) is 19.5 Å². The Hall–Kier alpha value is -4.12. The Balaban J connectivity index is 1.39. The van der Waals surface area contributed by atoms with Crippen molar-refractivity contribution in [2.45, 2.75) is 0 Å². The van der Waals surface area contributed by atoms with Gasteiger partial charge in [0.05, 0.1) is 24.9 Å². The van der Waals surface area contributed by atoms with Gasteiger partial charge in [0, 0.05) is 11.6 Å². The number of aromatic nitrogens is 2. The molecule has 0 aliphatic heterocycles. The zero-order chi connectivity index (χ0) is 21.2. The predicted molar refractivity (Wildman–Crippen MR) is 109 cm³/mol. The lowest BCUT2D eigenvalue weighted by atomic mass is 10.1. The average Bonchev–Trinajstić information content (AvgIpc) is 2.81. The maximum atomic E-state index is 11.9. The number of methoxy groups -OCH3 is 1. The number of para-hydroxylation sites is 1. The smallest absolute Gasteiger partial charge is 0.258 e. The highest BCUT2D eigenvalue weighted by Gasteiger charge is 2.07. The standard InChI is InChI=1S/C22H20N4O4/c1-28-18-8-6-16(7-9-18)19-10-11-22(26-25-19)29-13-12-24-21(27)15-30-20-5-3-2-4-17(20)14-23/h2-11H,12-13,15H2,1H3,(H,24,27). The molecule has 0 radical (unpaired) electrons. The van der Waals surface area contributed by atoms with Crippen LogP contribution in [0.5, 0.6) is 17.4 Å². The van der Waals surface area contributed by atoms with Gasteiger partial charge in [-0.1, -0.05) is 12.1 Å². The number of nitrogens with zero attached hydrogens (tertiary/aromatic N) is 3. The van der Waals surface area contributed by atoms with Crippen LogP contribution in [0.4, 0.5) is 0 Å². The molecule has 0 fully saturated rings. The fraction of sp³-hybridized carbons (Fsp3) is 0.182. The Morgan fingerprint density at radius 1 is 1.03 bits per heavy atom. The van der Waals surface area contributed by atoms with Crippen LogP contribution in [0.3, 0.4) is 0 Å². The quantitative estimate of drug-likeness (QED) is 0.546. The summed E-state index contributed by atoms with van der Waals surface area (Å²) in [4.78, 5) is 11.9. The summed E-state index contributed by atoms with van der Waals surface area (Å²) in [6, 6.07) is 19.8. The minimum absolute atomic E-state index is 0.185. The number of carbonyl (C=O) groups excluding carboxylic acids is 1. The highest BCUT2D eigenvalue weighted by atomic mass is 16.5. The first-order valence-corrected chi connectivity index (χ1v) is 9.19. The van der Waals surface area contributed by atoms with Crippen LogP contribution in [-0.4, -0.2) is 43.0 Å². The number of nitrogens with one attached hydrogen (secondary N) is 1. The van der Waals surface area contributed by atoms with E-state index in [2.05, 4.69) is 15.5 Å². The van der Waals surface area contributed by atoms with Crippen molar-refractivity contribution in [1.29, 1.82) is 5.26 Å². The molecule has 30 heavy (non-hydrogen) atoms. The van der Waals surface area contributed by atoms with Crippen LogP contribution in [-0.2, 0) is 4.79 Å². The molecule has 0 saturated carbocycles. The molecule has 0 saturated heterocycles. The molecular weight excluding hydrogens is 384 g/mol. The summed E-state index contributed by atoms with van der Waals surface area (Å²) >= 11 is 0. The molecule has 0 bridgehead atoms. The van der Waals surface area contributed by atoms with Crippen LogP contribution >= 0.6 is 0 Å². The molecule has 8 heteroatoms. The maximum absolute atomic E-state index is 11.9. The second-order valence-electron chi connectivity index (χ2n) is 6.08. The first kappa shape index (κ1) is 20.6. The van der Waals surface area contributed by atoms with E-state index >= 15 is 0 Å². The number of hydrogen-bond donors (Lipinski definition) is 1. The Morgan fingerprint density at radius 2 is 1.83 bits per heavy atom. The highest BCUT2D eigenvalue weighted by Crippen LogP contribution is 2.21. The van der Waals surface area contributed by atoms with E-state index in [1.54, 1.807) is 37.4 Å². The van der Waals surface area contributed by atoms with E-state index in [0.29, 0.717) is 22.9 Å². The zero-order valence-electron chi connectivity index (χ0n) is 16.4. The maximum Gasteiger partial charge on any atom is 0.258 e. The minimum Gasteiger partial charge on any atom is -0.497 e. The van der Waals surface area contributed by atoms with Gasteiger partial charge in [-0.15, -0.1) is 10.2 Å². The van der Waals surface area contributed by atoms with Gasteiger partial charge in [-0.05, 0) is 42.5 Å². The Kier molecular flexibility index (Phi) is 7.17. The van der Waals surface area contributed by atoms with E-state index in [0.717, 1.165) is 11.3 Å². The van der Waals surface area contributed by atoms with Gasteiger partial charge in [-0.25, -0.2) is 0 Å². The molecule has 1 heterocycles. The molecule has 2 aromatic carbocycles. The number of carbonyl (C=O) groups is 1. The number of nitriles is 1. The number of hydrogen-bond acceptors (Lipinski definition) is 7. The van der Waals surface area contributed by atoms with Crippen LogP contribution in [0.25, 0.3) is 11.3 Å². The molecule has 152 valence electrons. The van der Waals surface area contributed by atoms with Crippen LogP contribution < -0.4 is 19.5 Å². The van der Waals surface area contributed by atoms with Crippen LogP contribution in [0.2, 0.25) is 0 Å². The van der Waals surface area contributed by atoms with Crippen LogP contribution in [0.15, 0.2) is 60.7 Å². The normalized spacial score (nSPS) is 10.0. The molecule has 0 atom stereocenters. The number of benzene rings is 2. The van der Waals surface area contributed by atoms with Crippen LogP contribution in [0, 0.1) is 11.3 Å². The minimum atomic E-state index is -0.313. The van der Waals surface area contributed by atoms with Crippen molar-refractivity contribution in [1.82, 2.24) is 15.5 Å². The zero-order valence-corrected chi connectivity index (χ0v) is 16.4. The van der Waals surface area contributed by atoms with Gasteiger partial charge in [0.2, 0.25) is 5.88 Å². The molecule has 3 rings (SSSR count). The topological polar surface area (TPSA) is 106 Å². The van der Waals surface area contributed by atoms with Gasteiger partial charge in [-0.3, -0.25) is 4.79 Å². The lowest BCUT2D eigenvalue weighted by Gasteiger charge is -2.09. The van der Waals surface area contributed by atoms with Gasteiger partial charge < -0.3 is 19.5 Å². The van der Waals surface area contributed by atoms with Gasteiger partial charge in [0.1, 0.15) is 24.2 Å². The fourth-order valence-corrected chi connectivity index (χ4v) is 2.54. The third kappa shape index (κ3) is 5.69. The number of amides is 1. The van der Waals surface area contributed by atoms with E-state index in [9.17, 15) is 4.79 Å². The number of ether oxygens (including phenoxy) is 3. The van der Waals surface area contributed by atoms with E-state index in [-0.39, 0.29) is 25.7 Å². The van der Waals surface area contributed by atoms with Crippen molar-refractivity contribution in [2.24, 2.45) is 0 Å². The summed E-state index contributed by atoms with van der Waals surface area (Å²) in [6.07, 6.45) is 0. The van der Waals surface area contributed by atoms with Crippen molar-refractivity contribution < 1.29 is 19.0 Å². The molecule has 3 aromatic rings. The van der Waals surface area contributed by atoms with E-state index in [1.807, 2.05) is 36.4 Å². The lowest BCUT2D eigenvalue weighted by Crippen LogP contribution is -2.32. The molecule has 0 aliphatic carbocycles. The van der Waals surface area contributed by atoms with Crippen molar-refractivity contribution in [2.75, 3.05) is 26.9 Å². The lowest BCUT2D eigenvalue weighted by molar-refractivity contribution is -0.123. The summed E-state index contributed by atoms with van der Waals surface area (Å²) in [5, 5.41) is 19.9. The average molecular weight is 404 g/mol. The molecular formula is C22H20N4O4. The Bertz CT molecular complexity index is 1010. The monoisotopic (exact) mass is 404 g/mol. The molecule has 0 aliphatic rings. The molecule has 0 spiro atoms.